The summed E-state index contributed by atoms with van der Waals surface area (Å²) in [6.07, 6.45) is 4.32. The van der Waals surface area contributed by atoms with Crippen LogP contribution in [0, 0.1) is 0 Å². The van der Waals surface area contributed by atoms with Crippen LogP contribution in [-0.2, 0) is 0 Å². The molecule has 0 aromatic carbocycles. The van der Waals surface area contributed by atoms with Crippen LogP contribution in [-0.4, -0.2) is 20.2 Å². The number of nitrogens with zero attached hydrogens (tertiary/aromatic N) is 3. The quantitative estimate of drug-likeness (QED) is 0.763. The molecule has 0 radical (unpaired) electrons. The zero-order valence-electron chi connectivity index (χ0n) is 14.6. The Labute approximate surface area is 137 Å². The highest BCUT2D eigenvalue weighted by molar-refractivity contribution is 7.11. The molecule has 2 unspecified atom stereocenters. The van der Waals surface area contributed by atoms with Crippen molar-refractivity contribution < 1.29 is 0 Å². The van der Waals surface area contributed by atoms with Crippen molar-refractivity contribution >= 4 is 11.3 Å². The molecule has 0 bridgehead atoms. The summed E-state index contributed by atoms with van der Waals surface area (Å²) in [5, 5.41) is 9.77. The summed E-state index contributed by atoms with van der Waals surface area (Å²) < 4.78 is 0. The first kappa shape index (κ1) is 17.1. The van der Waals surface area contributed by atoms with Gasteiger partial charge in [-0.15, -0.1) is 21.5 Å². The summed E-state index contributed by atoms with van der Waals surface area (Å²) in [6, 6.07) is 0. The Balaban J connectivity index is 1.90. The molecule has 0 fully saturated rings. The molecule has 2 aromatic heterocycles. The van der Waals surface area contributed by atoms with E-state index in [1.165, 1.54) is 9.88 Å². The maximum Gasteiger partial charge on any atom is 0.133 e. The summed E-state index contributed by atoms with van der Waals surface area (Å²) >= 11 is 1.86. The van der Waals surface area contributed by atoms with E-state index in [1.54, 1.807) is 0 Å². The van der Waals surface area contributed by atoms with Crippen LogP contribution in [0.3, 0.4) is 0 Å². The van der Waals surface area contributed by atoms with Crippen LogP contribution in [0.2, 0.25) is 0 Å². The smallest absolute Gasteiger partial charge is 0.133 e. The summed E-state index contributed by atoms with van der Waals surface area (Å²) in [5.41, 5.74) is 0. The van der Waals surface area contributed by atoms with Crippen LogP contribution in [0.1, 0.15) is 99.6 Å². The van der Waals surface area contributed by atoms with Crippen LogP contribution in [0.15, 0.2) is 6.20 Å². The van der Waals surface area contributed by atoms with E-state index in [-0.39, 0.29) is 0 Å². The van der Waals surface area contributed by atoms with Crippen molar-refractivity contribution in [2.45, 2.75) is 78.1 Å². The molecule has 0 spiro atoms. The molecule has 0 aliphatic carbocycles. The third-order valence-electron chi connectivity index (χ3n) is 4.09. The van der Waals surface area contributed by atoms with Crippen LogP contribution in [0.25, 0.3) is 0 Å². The first-order valence-corrected chi connectivity index (χ1v) is 9.08. The zero-order valence-corrected chi connectivity index (χ0v) is 15.4. The third kappa shape index (κ3) is 4.15. The van der Waals surface area contributed by atoms with Crippen molar-refractivity contribution in [3.63, 3.8) is 0 Å². The first-order valence-electron chi connectivity index (χ1n) is 8.26. The van der Waals surface area contributed by atoms with Gasteiger partial charge in [-0.05, 0) is 18.8 Å². The standard InChI is InChI=1S/C17H28N4S/c1-10(2)15-19-16(21-20-15)13(6)8-7-12(5)14-9-18-17(22-14)11(3)4/h9-13H,7-8H2,1-6H3,(H,19,20,21). The van der Waals surface area contributed by atoms with Crippen molar-refractivity contribution in [3.8, 4) is 0 Å². The van der Waals surface area contributed by atoms with Crippen molar-refractivity contribution in [1.29, 1.82) is 0 Å². The number of nitrogens with one attached hydrogen (secondary N) is 1. The third-order valence-corrected chi connectivity index (χ3v) is 5.62. The average molecular weight is 321 g/mol. The van der Waals surface area contributed by atoms with Crippen LogP contribution in [0.4, 0.5) is 0 Å². The molecular weight excluding hydrogens is 292 g/mol. The summed E-state index contributed by atoms with van der Waals surface area (Å²) in [6.45, 7) is 13.2. The molecule has 122 valence electrons. The van der Waals surface area contributed by atoms with E-state index in [1.807, 2.05) is 11.3 Å². The normalized spacial score (nSPS) is 14.7. The van der Waals surface area contributed by atoms with Gasteiger partial charge in [-0.25, -0.2) is 4.98 Å². The van der Waals surface area contributed by atoms with E-state index in [0.29, 0.717) is 23.7 Å². The second-order valence-corrected chi connectivity index (χ2v) is 7.98. The minimum atomic E-state index is 0.402. The second-order valence-electron chi connectivity index (χ2n) is 6.89. The van der Waals surface area contributed by atoms with Gasteiger partial charge in [-0.2, -0.15) is 0 Å². The molecule has 2 aromatic rings. The van der Waals surface area contributed by atoms with Gasteiger partial charge in [0.05, 0.1) is 5.01 Å². The number of aromatic nitrogens is 4. The number of H-pyrrole nitrogens is 1. The second kappa shape index (κ2) is 7.36. The van der Waals surface area contributed by atoms with Gasteiger partial charge in [0.1, 0.15) is 11.6 Å². The van der Waals surface area contributed by atoms with E-state index < -0.39 is 0 Å². The maximum atomic E-state index is 4.53. The lowest BCUT2D eigenvalue weighted by Crippen LogP contribution is -2.00. The molecule has 0 aliphatic heterocycles. The van der Waals surface area contributed by atoms with E-state index >= 15 is 0 Å². The summed E-state index contributed by atoms with van der Waals surface area (Å²) in [7, 11) is 0. The van der Waals surface area contributed by atoms with Crippen molar-refractivity contribution in [3.05, 3.63) is 27.7 Å². The fourth-order valence-corrected chi connectivity index (χ4v) is 3.35. The van der Waals surface area contributed by atoms with E-state index in [2.05, 4.69) is 67.9 Å². The molecule has 1 N–H and O–H groups in total. The minimum absolute atomic E-state index is 0.402. The number of hydrogen-bond acceptors (Lipinski definition) is 4. The molecule has 4 nitrogen and oxygen atoms in total. The Morgan fingerprint density at radius 3 is 2.09 bits per heavy atom. The highest BCUT2D eigenvalue weighted by atomic mass is 32.1. The Kier molecular flexibility index (Phi) is 5.73. The first-order chi connectivity index (χ1) is 10.4. The Morgan fingerprint density at radius 1 is 0.909 bits per heavy atom. The Morgan fingerprint density at radius 2 is 1.55 bits per heavy atom. The van der Waals surface area contributed by atoms with Gasteiger partial charge in [-0.1, -0.05) is 41.5 Å². The van der Waals surface area contributed by atoms with Crippen molar-refractivity contribution in [2.75, 3.05) is 0 Å². The molecule has 2 rings (SSSR count). The molecule has 0 saturated carbocycles. The molecule has 5 heteroatoms. The van der Waals surface area contributed by atoms with Crippen LogP contribution >= 0.6 is 11.3 Å². The highest BCUT2D eigenvalue weighted by Gasteiger charge is 2.16. The fraction of sp³-hybridized carbons (Fsp3) is 0.706. The predicted molar refractivity (Wildman–Crippen MR) is 92.7 cm³/mol. The van der Waals surface area contributed by atoms with Crippen LogP contribution < -0.4 is 0 Å². The lowest BCUT2D eigenvalue weighted by molar-refractivity contribution is 0.559. The van der Waals surface area contributed by atoms with E-state index in [4.69, 9.17) is 0 Å². The van der Waals surface area contributed by atoms with E-state index in [0.717, 1.165) is 24.5 Å². The Hall–Kier alpha value is -1.23. The number of hydrogen-bond donors (Lipinski definition) is 1. The van der Waals surface area contributed by atoms with E-state index in [9.17, 15) is 0 Å². The molecule has 0 saturated heterocycles. The number of rotatable bonds is 7. The molecule has 0 aliphatic rings. The molecule has 2 atom stereocenters. The van der Waals surface area contributed by atoms with Gasteiger partial charge in [0.2, 0.25) is 0 Å². The number of thiazole rings is 1. The van der Waals surface area contributed by atoms with Crippen molar-refractivity contribution in [2.24, 2.45) is 0 Å². The maximum absolute atomic E-state index is 4.53. The lowest BCUT2D eigenvalue weighted by Gasteiger charge is -2.12. The topological polar surface area (TPSA) is 54.5 Å². The fourth-order valence-electron chi connectivity index (χ4n) is 2.34. The molecule has 2 heterocycles. The van der Waals surface area contributed by atoms with Gasteiger partial charge in [-0.3, -0.25) is 0 Å². The lowest BCUT2D eigenvalue weighted by atomic mass is 9.97. The molecular formula is C17H28N4S. The molecule has 22 heavy (non-hydrogen) atoms. The SMILES string of the molecule is CC(C)c1nnc(C(C)CCC(C)c2cnc(C(C)C)s2)[nH]1. The predicted octanol–water partition coefficient (Wildman–Crippen LogP) is 5.20. The minimum Gasteiger partial charge on any atom is -0.328 e. The van der Waals surface area contributed by atoms with Gasteiger partial charge >= 0.3 is 0 Å². The van der Waals surface area contributed by atoms with Gasteiger partial charge in [0.25, 0.3) is 0 Å². The average Bonchev–Trinajstić information content (AvgIpc) is 3.12. The van der Waals surface area contributed by atoms with Crippen LogP contribution in [0.5, 0.6) is 0 Å². The summed E-state index contributed by atoms with van der Waals surface area (Å²) in [5.74, 6) is 3.90. The summed E-state index contributed by atoms with van der Waals surface area (Å²) in [4.78, 5) is 9.30. The monoisotopic (exact) mass is 320 g/mol. The largest absolute Gasteiger partial charge is 0.328 e. The molecule has 0 amide bonds. The van der Waals surface area contributed by atoms with Gasteiger partial charge in [0.15, 0.2) is 0 Å². The zero-order chi connectivity index (χ0) is 16.3. The van der Waals surface area contributed by atoms with Gasteiger partial charge in [0, 0.05) is 28.8 Å². The van der Waals surface area contributed by atoms with Crippen molar-refractivity contribution in [1.82, 2.24) is 20.2 Å². The van der Waals surface area contributed by atoms with Gasteiger partial charge < -0.3 is 4.98 Å². The number of aromatic amines is 1. The Bertz CT molecular complexity index is 533. The highest BCUT2D eigenvalue weighted by Crippen LogP contribution is 2.31.